The van der Waals surface area contributed by atoms with Gasteiger partial charge in [-0.05, 0) is 24.1 Å². The number of benzene rings is 1. The van der Waals surface area contributed by atoms with E-state index in [0.29, 0.717) is 22.3 Å². The van der Waals surface area contributed by atoms with E-state index in [1.807, 2.05) is 13.8 Å². The molecule has 6 nitrogen and oxygen atoms in total. The van der Waals surface area contributed by atoms with Gasteiger partial charge in [-0.1, -0.05) is 13.8 Å². The number of alkyl halides is 2. The van der Waals surface area contributed by atoms with Crippen LogP contribution in [0.5, 0.6) is 11.5 Å². The van der Waals surface area contributed by atoms with Gasteiger partial charge in [0.2, 0.25) is 0 Å². The van der Waals surface area contributed by atoms with Crippen LogP contribution in [0.15, 0.2) is 18.2 Å². The van der Waals surface area contributed by atoms with Crippen LogP contribution in [-0.2, 0) is 15.5 Å². The molecule has 2 aliphatic heterocycles. The van der Waals surface area contributed by atoms with E-state index in [-0.39, 0.29) is 30.2 Å². The average Bonchev–Trinajstić information content (AvgIpc) is 3.07. The van der Waals surface area contributed by atoms with Crippen molar-refractivity contribution in [1.82, 2.24) is 10.3 Å². The second-order valence-corrected chi connectivity index (χ2v) is 8.07. The highest BCUT2D eigenvalue weighted by Gasteiger charge is 2.56. The van der Waals surface area contributed by atoms with E-state index in [9.17, 15) is 4.79 Å². The number of nitrogens with zero attached hydrogens (tertiary/aromatic N) is 1. The summed E-state index contributed by atoms with van der Waals surface area (Å²) in [7, 11) is 2.77. The molecule has 1 saturated heterocycles. The predicted octanol–water partition coefficient (Wildman–Crippen LogP) is 3.51. The summed E-state index contributed by atoms with van der Waals surface area (Å²) in [6.07, 6.45) is -0.413. The smallest absolute Gasteiger partial charge is 0.323 e. The number of halogens is 2. The van der Waals surface area contributed by atoms with Crippen LogP contribution in [0.1, 0.15) is 43.9 Å². The van der Waals surface area contributed by atoms with Crippen molar-refractivity contribution in [3.63, 3.8) is 0 Å². The first-order valence-corrected chi connectivity index (χ1v) is 9.60. The maximum atomic E-state index is 15.6. The van der Waals surface area contributed by atoms with Crippen LogP contribution >= 0.6 is 0 Å². The van der Waals surface area contributed by atoms with Crippen LogP contribution in [0.3, 0.4) is 0 Å². The first kappa shape index (κ1) is 19.8. The van der Waals surface area contributed by atoms with Gasteiger partial charge in [0, 0.05) is 18.4 Å². The molecule has 2 aliphatic rings. The second-order valence-electron chi connectivity index (χ2n) is 8.07. The van der Waals surface area contributed by atoms with Crippen molar-refractivity contribution in [1.29, 1.82) is 0 Å². The molecular formula is C21H24F2N2O4. The number of esters is 1. The van der Waals surface area contributed by atoms with Gasteiger partial charge in [-0.15, -0.1) is 0 Å². The van der Waals surface area contributed by atoms with Gasteiger partial charge in [-0.3, -0.25) is 4.79 Å². The van der Waals surface area contributed by atoms with Gasteiger partial charge in [0.25, 0.3) is 5.92 Å². The van der Waals surface area contributed by atoms with Crippen LogP contribution in [-0.4, -0.2) is 43.4 Å². The molecule has 1 unspecified atom stereocenters. The summed E-state index contributed by atoms with van der Waals surface area (Å²) in [6, 6.07) is 4.29. The van der Waals surface area contributed by atoms with Gasteiger partial charge in [0.15, 0.2) is 5.75 Å². The Morgan fingerprint density at radius 3 is 2.76 bits per heavy atom. The fourth-order valence-electron chi connectivity index (χ4n) is 4.32. The molecule has 29 heavy (non-hydrogen) atoms. The highest BCUT2D eigenvalue weighted by Crippen LogP contribution is 2.54. The Balaban J connectivity index is 1.89. The topological polar surface area (TPSA) is 69.7 Å². The highest BCUT2D eigenvalue weighted by atomic mass is 19.3. The Morgan fingerprint density at radius 1 is 1.34 bits per heavy atom. The summed E-state index contributed by atoms with van der Waals surface area (Å²) in [6.45, 7) is 3.92. The first-order valence-electron chi connectivity index (χ1n) is 9.60. The lowest BCUT2D eigenvalue weighted by Crippen LogP contribution is -2.47. The number of fused-ring (bicyclic) bond motifs is 3. The highest BCUT2D eigenvalue weighted by molar-refractivity contribution is 5.87. The normalized spacial score (nSPS) is 25.1. The fraction of sp³-hybridized carbons (Fsp3) is 0.524. The Labute approximate surface area is 167 Å². The molecule has 1 spiro atoms. The standard InChI is InChI=1S/C21H24F2N2O4/c1-11(2)17-18-16(13-7-12(27-3)5-6-14(13)25-17)21(22,23)9-20(29-18)8-15(24-10-20)19(26)28-4/h5-7,11,15,24H,8-10H2,1-4H3/t15-,20?/m0/s1. The summed E-state index contributed by atoms with van der Waals surface area (Å²) in [5, 5.41) is 3.29. The third-order valence-electron chi connectivity index (χ3n) is 5.68. The lowest BCUT2D eigenvalue weighted by atomic mass is 9.83. The van der Waals surface area contributed by atoms with E-state index < -0.39 is 30.0 Å². The van der Waals surface area contributed by atoms with Crippen molar-refractivity contribution < 1.29 is 27.8 Å². The number of aromatic nitrogens is 1. The van der Waals surface area contributed by atoms with Crippen molar-refractivity contribution in [2.24, 2.45) is 0 Å². The van der Waals surface area contributed by atoms with E-state index in [1.54, 1.807) is 18.2 Å². The summed E-state index contributed by atoms with van der Waals surface area (Å²) in [4.78, 5) is 16.5. The van der Waals surface area contributed by atoms with Crippen molar-refractivity contribution in [3.8, 4) is 11.5 Å². The van der Waals surface area contributed by atoms with Gasteiger partial charge in [0.1, 0.15) is 17.4 Å². The number of ether oxygens (including phenoxy) is 3. The van der Waals surface area contributed by atoms with Gasteiger partial charge < -0.3 is 19.5 Å². The van der Waals surface area contributed by atoms with Gasteiger partial charge in [-0.25, -0.2) is 13.8 Å². The molecule has 1 N–H and O–H groups in total. The Morgan fingerprint density at radius 2 is 2.10 bits per heavy atom. The first-order chi connectivity index (χ1) is 13.7. The number of carbonyl (C=O) groups excluding carboxylic acids is 1. The van der Waals surface area contributed by atoms with Gasteiger partial charge in [0.05, 0.1) is 37.4 Å². The van der Waals surface area contributed by atoms with E-state index >= 15 is 8.78 Å². The molecule has 1 aromatic heterocycles. The van der Waals surface area contributed by atoms with Crippen molar-refractivity contribution >= 4 is 16.9 Å². The average molecular weight is 406 g/mol. The number of pyridine rings is 1. The maximum absolute atomic E-state index is 15.6. The maximum Gasteiger partial charge on any atom is 0.323 e. The minimum Gasteiger partial charge on any atom is -0.497 e. The molecule has 2 atom stereocenters. The van der Waals surface area contributed by atoms with Crippen molar-refractivity contribution in [2.45, 2.75) is 50.2 Å². The lowest BCUT2D eigenvalue weighted by Gasteiger charge is -2.40. The number of carbonyl (C=O) groups is 1. The third kappa shape index (κ3) is 3.19. The number of nitrogens with one attached hydrogen (secondary N) is 1. The summed E-state index contributed by atoms with van der Waals surface area (Å²) >= 11 is 0. The van der Waals surface area contributed by atoms with E-state index in [1.165, 1.54) is 14.2 Å². The molecule has 2 aromatic rings. The Bertz CT molecular complexity index is 979. The van der Waals surface area contributed by atoms with Crippen LogP contribution in [0, 0.1) is 0 Å². The monoisotopic (exact) mass is 406 g/mol. The van der Waals surface area contributed by atoms with Crippen LogP contribution in [0.2, 0.25) is 0 Å². The molecule has 0 aliphatic carbocycles. The summed E-state index contributed by atoms with van der Waals surface area (Å²) < 4.78 is 47.5. The zero-order valence-electron chi connectivity index (χ0n) is 16.8. The Kier molecular flexibility index (Phi) is 4.64. The zero-order valence-corrected chi connectivity index (χ0v) is 16.8. The number of hydrogen-bond acceptors (Lipinski definition) is 6. The zero-order chi connectivity index (χ0) is 21.0. The molecule has 3 heterocycles. The molecule has 0 saturated carbocycles. The molecule has 4 rings (SSSR count). The molecule has 156 valence electrons. The molecule has 0 bridgehead atoms. The van der Waals surface area contributed by atoms with Crippen LogP contribution < -0.4 is 14.8 Å². The molecule has 0 amide bonds. The number of rotatable bonds is 3. The van der Waals surface area contributed by atoms with Crippen LogP contribution in [0.25, 0.3) is 10.9 Å². The fourth-order valence-corrected chi connectivity index (χ4v) is 4.32. The molecular weight excluding hydrogens is 382 g/mol. The van der Waals surface area contributed by atoms with Gasteiger partial charge in [-0.2, -0.15) is 0 Å². The van der Waals surface area contributed by atoms with Crippen molar-refractivity contribution in [3.05, 3.63) is 29.5 Å². The molecule has 8 heteroatoms. The second kappa shape index (κ2) is 6.79. The number of hydrogen-bond donors (Lipinski definition) is 1. The molecule has 1 fully saturated rings. The minimum absolute atomic E-state index is 0.113. The number of methoxy groups -OCH3 is 2. The van der Waals surface area contributed by atoms with Crippen molar-refractivity contribution in [2.75, 3.05) is 20.8 Å². The molecule has 0 radical (unpaired) electrons. The largest absolute Gasteiger partial charge is 0.497 e. The van der Waals surface area contributed by atoms with E-state index in [4.69, 9.17) is 14.2 Å². The van der Waals surface area contributed by atoms with Crippen LogP contribution in [0.4, 0.5) is 8.78 Å². The van der Waals surface area contributed by atoms with Gasteiger partial charge >= 0.3 is 5.97 Å². The SMILES string of the molecule is COC(=O)[C@@H]1CC2(CN1)CC(F)(F)c1c(c(C(C)C)nc3ccc(OC)cc13)O2. The summed E-state index contributed by atoms with van der Waals surface area (Å²) in [5.74, 6) is -3.17. The van der Waals surface area contributed by atoms with E-state index in [2.05, 4.69) is 10.3 Å². The third-order valence-corrected chi connectivity index (χ3v) is 5.68. The Hall–Kier alpha value is -2.48. The quantitative estimate of drug-likeness (QED) is 0.787. The lowest BCUT2D eigenvalue weighted by molar-refractivity contribution is -0.143. The summed E-state index contributed by atoms with van der Waals surface area (Å²) in [5.41, 5.74) is -0.396. The minimum atomic E-state index is -3.16. The predicted molar refractivity (Wildman–Crippen MR) is 103 cm³/mol. The molecule has 1 aromatic carbocycles. The van der Waals surface area contributed by atoms with E-state index in [0.717, 1.165) is 0 Å².